The molecule has 3 heterocycles. The Labute approximate surface area is 241 Å². The lowest BCUT2D eigenvalue weighted by molar-refractivity contribution is -0.158. The predicted molar refractivity (Wildman–Crippen MR) is 157 cm³/mol. The van der Waals surface area contributed by atoms with Crippen LogP contribution in [0.5, 0.6) is 0 Å². The number of carbonyl (C=O) groups excluding carboxylic acids is 3. The summed E-state index contributed by atoms with van der Waals surface area (Å²) in [5, 5.41) is 9.68. The van der Waals surface area contributed by atoms with Crippen LogP contribution in [0.25, 0.3) is 0 Å². The zero-order chi connectivity index (χ0) is 30.1. The van der Waals surface area contributed by atoms with Crippen molar-refractivity contribution in [3.05, 3.63) is 25.3 Å². The van der Waals surface area contributed by atoms with E-state index in [4.69, 9.17) is 4.74 Å². The van der Waals surface area contributed by atoms with Gasteiger partial charge in [0.05, 0.1) is 17.4 Å². The Balaban J connectivity index is 2.14. The second-order valence-corrected chi connectivity index (χ2v) is 13.8. The predicted octanol–water partition coefficient (Wildman–Crippen LogP) is 4.18. The number of hydrogen-bond acceptors (Lipinski definition) is 5. The summed E-state index contributed by atoms with van der Waals surface area (Å²) in [5.41, 5.74) is -2.41. The number of likely N-dealkylation sites (tertiary alicyclic amines) is 1. The molecule has 0 aromatic carbocycles. The van der Waals surface area contributed by atoms with Crippen molar-refractivity contribution in [1.82, 2.24) is 14.7 Å². The van der Waals surface area contributed by atoms with Crippen molar-refractivity contribution in [3.8, 4) is 0 Å². The van der Waals surface area contributed by atoms with Crippen LogP contribution in [0.2, 0.25) is 0 Å². The molecule has 3 aliphatic rings. The van der Waals surface area contributed by atoms with E-state index in [1.54, 1.807) is 22.0 Å². The minimum absolute atomic E-state index is 0.0356. The van der Waals surface area contributed by atoms with Crippen LogP contribution in [0.4, 0.5) is 0 Å². The van der Waals surface area contributed by atoms with Gasteiger partial charge in [0.1, 0.15) is 11.6 Å². The van der Waals surface area contributed by atoms with Crippen LogP contribution >= 0.6 is 0 Å². The molecule has 8 heteroatoms. The highest BCUT2D eigenvalue weighted by Crippen LogP contribution is 2.64. The van der Waals surface area contributed by atoms with Crippen molar-refractivity contribution in [1.29, 1.82) is 0 Å². The van der Waals surface area contributed by atoms with Crippen molar-refractivity contribution in [2.45, 2.75) is 110 Å². The third-order valence-electron chi connectivity index (χ3n) is 9.16. The van der Waals surface area contributed by atoms with E-state index in [9.17, 15) is 19.5 Å². The Morgan fingerprint density at radius 2 is 1.75 bits per heavy atom. The van der Waals surface area contributed by atoms with E-state index in [1.165, 1.54) is 0 Å². The monoisotopic (exact) mass is 559 g/mol. The second kappa shape index (κ2) is 12.0. The molecule has 3 rings (SSSR count). The van der Waals surface area contributed by atoms with Crippen LogP contribution in [0.1, 0.15) is 87.0 Å². The van der Waals surface area contributed by atoms with Crippen LogP contribution in [0.3, 0.4) is 0 Å². The molecular weight excluding hydrogens is 506 g/mol. The van der Waals surface area contributed by atoms with Crippen molar-refractivity contribution in [3.63, 3.8) is 0 Å². The highest BCUT2D eigenvalue weighted by Gasteiger charge is 2.79. The Morgan fingerprint density at radius 1 is 1.10 bits per heavy atom. The van der Waals surface area contributed by atoms with E-state index in [-0.39, 0.29) is 36.3 Å². The summed E-state index contributed by atoms with van der Waals surface area (Å²) in [5.74, 6) is -1.85. The first-order chi connectivity index (χ1) is 18.7. The van der Waals surface area contributed by atoms with Crippen LogP contribution in [-0.2, 0) is 19.1 Å². The van der Waals surface area contributed by atoms with E-state index in [1.807, 2.05) is 18.7 Å². The van der Waals surface area contributed by atoms with Crippen molar-refractivity contribution < 1.29 is 24.2 Å². The summed E-state index contributed by atoms with van der Waals surface area (Å²) in [6, 6.07) is -0.860. The number of aliphatic hydroxyl groups is 1. The van der Waals surface area contributed by atoms with E-state index in [2.05, 4.69) is 47.8 Å². The minimum Gasteiger partial charge on any atom is -0.396 e. The van der Waals surface area contributed by atoms with Gasteiger partial charge >= 0.3 is 0 Å². The number of rotatable bonds is 14. The molecule has 0 saturated carbocycles. The number of hydrogen-bond donors (Lipinski definition) is 1. The summed E-state index contributed by atoms with van der Waals surface area (Å²) < 4.78 is 6.95. The van der Waals surface area contributed by atoms with Gasteiger partial charge in [0.15, 0.2) is 0 Å². The number of ether oxygens (including phenoxy) is 1. The van der Waals surface area contributed by atoms with Crippen LogP contribution in [0.15, 0.2) is 25.3 Å². The molecule has 3 amide bonds. The molecule has 0 aliphatic carbocycles. The smallest absolute Gasteiger partial charge is 0.249 e. The molecule has 2 unspecified atom stereocenters. The molecule has 2 bridgehead atoms. The van der Waals surface area contributed by atoms with Gasteiger partial charge in [-0.1, -0.05) is 46.8 Å². The summed E-state index contributed by atoms with van der Waals surface area (Å²) in [7, 11) is 0. The lowest BCUT2D eigenvalue weighted by atomic mass is 9.64. The fourth-order valence-corrected chi connectivity index (χ4v) is 8.07. The molecule has 8 nitrogen and oxygen atoms in total. The van der Waals surface area contributed by atoms with Crippen LogP contribution in [0, 0.1) is 17.3 Å². The summed E-state index contributed by atoms with van der Waals surface area (Å²) in [6.07, 6.45) is 7.11. The molecule has 3 saturated heterocycles. The second-order valence-electron chi connectivity index (χ2n) is 13.8. The lowest BCUT2D eigenvalue weighted by Crippen LogP contribution is -2.61. The van der Waals surface area contributed by atoms with Gasteiger partial charge in [0.2, 0.25) is 17.7 Å². The summed E-state index contributed by atoms with van der Waals surface area (Å²) in [4.78, 5) is 48.5. The fourth-order valence-electron chi connectivity index (χ4n) is 8.07. The topological polar surface area (TPSA) is 90.4 Å². The first-order valence-electron chi connectivity index (χ1n) is 15.1. The molecule has 0 aromatic heterocycles. The molecule has 40 heavy (non-hydrogen) atoms. The van der Waals surface area contributed by atoms with Gasteiger partial charge < -0.3 is 24.5 Å². The minimum atomic E-state index is -1.08. The zero-order valence-electron chi connectivity index (χ0n) is 26.0. The molecule has 1 spiro atoms. The summed E-state index contributed by atoms with van der Waals surface area (Å²) in [6.45, 7) is 23.9. The molecule has 1 N–H and O–H groups in total. The van der Waals surface area contributed by atoms with Crippen LogP contribution in [-0.4, -0.2) is 93.1 Å². The van der Waals surface area contributed by atoms with Gasteiger partial charge in [-0.05, 0) is 57.8 Å². The van der Waals surface area contributed by atoms with Gasteiger partial charge in [-0.2, -0.15) is 0 Å². The third-order valence-corrected chi connectivity index (χ3v) is 9.16. The largest absolute Gasteiger partial charge is 0.396 e. The number of amides is 3. The molecule has 0 radical (unpaired) electrons. The van der Waals surface area contributed by atoms with Gasteiger partial charge in [-0.15, -0.1) is 13.2 Å². The molecule has 0 aromatic rings. The third kappa shape index (κ3) is 5.50. The first kappa shape index (κ1) is 32.3. The zero-order valence-corrected chi connectivity index (χ0v) is 26.0. The van der Waals surface area contributed by atoms with E-state index < -0.39 is 34.6 Å². The molecular formula is C32H53N3O5. The average Bonchev–Trinajstić information content (AvgIpc) is 3.47. The molecule has 5 atom stereocenters. The summed E-state index contributed by atoms with van der Waals surface area (Å²) >= 11 is 0. The Kier molecular flexibility index (Phi) is 9.67. The standard InChI is InChI=1S/C32H53N3O5/c1-10-17-33(18-11-2)26(37)23-24-27(38)34(20-14-21-36)25(32(24)16-15-31(23,13-4)40-32)28(39)35(19-12-3)30(8,9)22-29(5,6)7/h10,12,23-25,36H,1,3,11,13-22H2,2,4-9H3/t23-,24+,25?,31+,32?/m1/s1. The number of nitrogens with zero attached hydrogens (tertiary/aromatic N) is 3. The SMILES string of the molecule is C=CCN(CCC)C(=O)[C@H]1[C@H]2C(=O)N(CCCO)C(C(=O)N(CC=C)C(C)(C)CC(C)(C)C)C23CC[C@]1(CC)O3. The van der Waals surface area contributed by atoms with Crippen molar-refractivity contribution in [2.75, 3.05) is 32.8 Å². The Bertz CT molecular complexity index is 988. The molecule has 3 fully saturated rings. The Hall–Kier alpha value is -2.19. The maximum atomic E-state index is 14.8. The average molecular weight is 560 g/mol. The normalized spacial score (nSPS) is 29.4. The fraction of sp³-hybridized carbons (Fsp3) is 0.781. The maximum absolute atomic E-state index is 14.8. The van der Waals surface area contributed by atoms with Crippen molar-refractivity contribution >= 4 is 17.7 Å². The van der Waals surface area contributed by atoms with Crippen molar-refractivity contribution in [2.24, 2.45) is 17.3 Å². The van der Waals surface area contributed by atoms with Gasteiger partial charge in [-0.3, -0.25) is 14.4 Å². The quantitative estimate of drug-likeness (QED) is 0.323. The molecule has 226 valence electrons. The maximum Gasteiger partial charge on any atom is 0.249 e. The number of fused-ring (bicyclic) bond motifs is 1. The lowest BCUT2D eigenvalue weighted by Gasteiger charge is -2.45. The highest BCUT2D eigenvalue weighted by molar-refractivity contribution is 5.99. The van der Waals surface area contributed by atoms with Gasteiger partial charge in [0, 0.05) is 38.3 Å². The van der Waals surface area contributed by atoms with Gasteiger partial charge in [-0.25, -0.2) is 0 Å². The van der Waals surface area contributed by atoms with E-state index >= 15 is 0 Å². The Morgan fingerprint density at radius 3 is 2.27 bits per heavy atom. The van der Waals surface area contributed by atoms with Gasteiger partial charge in [0.25, 0.3) is 0 Å². The van der Waals surface area contributed by atoms with Crippen LogP contribution < -0.4 is 0 Å². The number of aliphatic hydroxyl groups excluding tert-OH is 1. The molecule has 3 aliphatic heterocycles. The highest BCUT2D eigenvalue weighted by atomic mass is 16.5. The van der Waals surface area contributed by atoms with E-state index in [0.717, 1.165) is 12.8 Å². The van der Waals surface area contributed by atoms with E-state index in [0.29, 0.717) is 45.3 Å². The first-order valence-corrected chi connectivity index (χ1v) is 15.1. The number of carbonyl (C=O) groups is 3.